The van der Waals surface area contributed by atoms with Crippen molar-refractivity contribution in [2.24, 2.45) is 23.7 Å². The number of nitrogens with zero attached hydrogens (tertiary/aromatic N) is 1. The fourth-order valence-corrected chi connectivity index (χ4v) is 5.70. The van der Waals surface area contributed by atoms with Crippen LogP contribution in [-0.2, 0) is 35.6 Å². The van der Waals surface area contributed by atoms with Crippen molar-refractivity contribution < 1.29 is 37.4 Å². The number of amides is 4. The zero-order chi connectivity index (χ0) is 33.8. The standard InChI is InChI=1S/C29H51N5O8S2/c1-16(2)10-22(24(35)11-19(7)26(36)34-25(18(5)6)28(38)30-12-17(3)4)32-27(37)23(15-44(9,40)41)33-29(39)42-13-21-14-43-20(8)31-21/h14,16-19,22-25,35H,10-13,15H2,1-9H3,(H,30,38)(H,32,37)(H,33,39)(H,34,36)/t19-,22+,23+,24+,25+/m1/s1. The fraction of sp³-hybridized carbons (Fsp3) is 0.759. The van der Waals surface area contributed by atoms with Crippen molar-refractivity contribution in [1.82, 2.24) is 26.3 Å². The number of rotatable bonds is 18. The highest BCUT2D eigenvalue weighted by Crippen LogP contribution is 2.17. The van der Waals surface area contributed by atoms with Gasteiger partial charge in [-0.2, -0.15) is 0 Å². The molecule has 0 bridgehead atoms. The van der Waals surface area contributed by atoms with E-state index in [4.69, 9.17) is 4.74 Å². The number of thiazole rings is 1. The van der Waals surface area contributed by atoms with Crippen molar-refractivity contribution in [2.75, 3.05) is 18.6 Å². The lowest BCUT2D eigenvalue weighted by Gasteiger charge is -2.30. The minimum atomic E-state index is -3.71. The predicted octanol–water partition coefficient (Wildman–Crippen LogP) is 1.92. The highest BCUT2D eigenvalue weighted by atomic mass is 32.2. The van der Waals surface area contributed by atoms with E-state index in [1.165, 1.54) is 11.3 Å². The molecular formula is C29H51N5O8S2. The molecular weight excluding hydrogens is 610 g/mol. The molecule has 0 saturated carbocycles. The van der Waals surface area contributed by atoms with Crippen molar-refractivity contribution >= 4 is 45.0 Å². The van der Waals surface area contributed by atoms with Gasteiger partial charge in [0.05, 0.1) is 28.6 Å². The van der Waals surface area contributed by atoms with Crippen LogP contribution in [0.1, 0.15) is 72.0 Å². The van der Waals surface area contributed by atoms with Gasteiger partial charge in [-0.05, 0) is 37.5 Å². The molecule has 44 heavy (non-hydrogen) atoms. The number of aryl methyl sites for hydroxylation is 1. The summed E-state index contributed by atoms with van der Waals surface area (Å²) in [7, 11) is -3.71. The number of carbonyl (C=O) groups excluding carboxylic acids is 4. The number of aromatic nitrogens is 1. The SMILES string of the molecule is Cc1nc(COC(=O)N[C@@H](CS(C)(=O)=O)C(=O)N[C@@H](CC(C)C)[C@@H](O)C[C@@H](C)C(=O)N[C@H](C(=O)NCC(C)C)C(C)C)cs1. The van der Waals surface area contributed by atoms with Gasteiger partial charge in [-0.1, -0.05) is 48.5 Å². The number of aliphatic hydroxyl groups excluding tert-OH is 1. The summed E-state index contributed by atoms with van der Waals surface area (Å²) in [5.74, 6) is -2.85. The third-order valence-corrected chi connectivity index (χ3v) is 8.35. The molecule has 0 saturated heterocycles. The minimum Gasteiger partial charge on any atom is -0.443 e. The average Bonchev–Trinajstić information content (AvgIpc) is 3.31. The quantitative estimate of drug-likeness (QED) is 0.156. The molecule has 0 aromatic carbocycles. The molecule has 0 spiro atoms. The van der Waals surface area contributed by atoms with Gasteiger partial charge in [-0.25, -0.2) is 18.2 Å². The Labute approximate surface area is 265 Å². The Bertz CT molecular complexity index is 1200. The Morgan fingerprint density at radius 3 is 2.07 bits per heavy atom. The molecule has 4 amide bonds. The van der Waals surface area contributed by atoms with E-state index in [0.717, 1.165) is 11.3 Å². The third-order valence-electron chi connectivity index (χ3n) is 6.59. The van der Waals surface area contributed by atoms with E-state index in [1.54, 1.807) is 19.2 Å². The second-order valence-electron chi connectivity index (χ2n) is 12.5. The van der Waals surface area contributed by atoms with E-state index in [9.17, 15) is 32.7 Å². The monoisotopic (exact) mass is 661 g/mol. The molecule has 0 aliphatic carbocycles. The van der Waals surface area contributed by atoms with Crippen LogP contribution in [0.2, 0.25) is 0 Å². The highest BCUT2D eigenvalue weighted by molar-refractivity contribution is 7.90. The number of hydrogen-bond acceptors (Lipinski definition) is 10. The van der Waals surface area contributed by atoms with Crippen LogP contribution in [0.4, 0.5) is 4.79 Å². The van der Waals surface area contributed by atoms with Gasteiger partial charge in [0, 0.05) is 24.1 Å². The Morgan fingerprint density at radius 2 is 1.57 bits per heavy atom. The second-order valence-corrected chi connectivity index (χ2v) is 15.8. The number of ether oxygens (including phenoxy) is 1. The predicted molar refractivity (Wildman–Crippen MR) is 169 cm³/mol. The smallest absolute Gasteiger partial charge is 0.408 e. The summed E-state index contributed by atoms with van der Waals surface area (Å²) in [5.41, 5.74) is 0.515. The Hall–Kier alpha value is -2.78. The molecule has 0 aliphatic rings. The zero-order valence-corrected chi connectivity index (χ0v) is 28.9. The fourth-order valence-electron chi connectivity index (χ4n) is 4.27. The molecule has 5 N–H and O–H groups in total. The Kier molecular flexibility index (Phi) is 16.3. The molecule has 252 valence electrons. The van der Waals surface area contributed by atoms with Crippen molar-refractivity contribution in [1.29, 1.82) is 0 Å². The average molecular weight is 662 g/mol. The van der Waals surface area contributed by atoms with Crippen LogP contribution in [0.3, 0.4) is 0 Å². The largest absolute Gasteiger partial charge is 0.443 e. The molecule has 1 aromatic rings. The lowest BCUT2D eigenvalue weighted by Crippen LogP contribution is -2.55. The van der Waals surface area contributed by atoms with E-state index in [1.807, 2.05) is 41.5 Å². The topological polar surface area (TPSA) is 193 Å². The molecule has 0 radical (unpaired) electrons. The van der Waals surface area contributed by atoms with Crippen LogP contribution in [0.15, 0.2) is 5.38 Å². The van der Waals surface area contributed by atoms with Crippen LogP contribution < -0.4 is 21.3 Å². The molecule has 0 unspecified atom stereocenters. The van der Waals surface area contributed by atoms with Crippen LogP contribution in [0, 0.1) is 30.6 Å². The number of alkyl carbamates (subject to hydrolysis) is 1. The number of hydrogen-bond donors (Lipinski definition) is 5. The highest BCUT2D eigenvalue weighted by Gasteiger charge is 2.33. The summed E-state index contributed by atoms with van der Waals surface area (Å²) in [4.78, 5) is 55.6. The Morgan fingerprint density at radius 1 is 0.932 bits per heavy atom. The van der Waals surface area contributed by atoms with E-state index in [2.05, 4.69) is 26.3 Å². The molecule has 5 atom stereocenters. The summed E-state index contributed by atoms with van der Waals surface area (Å²) in [5, 5.41) is 24.2. The van der Waals surface area contributed by atoms with Crippen molar-refractivity contribution in [2.45, 2.75) is 99.1 Å². The molecule has 1 heterocycles. The first-order valence-electron chi connectivity index (χ1n) is 14.9. The Balaban J connectivity index is 2.95. The van der Waals surface area contributed by atoms with Gasteiger partial charge < -0.3 is 31.1 Å². The number of aliphatic hydroxyl groups is 1. The molecule has 1 rings (SSSR count). The summed E-state index contributed by atoms with van der Waals surface area (Å²) in [6.45, 7) is 15.1. The van der Waals surface area contributed by atoms with Crippen LogP contribution in [0.25, 0.3) is 0 Å². The maximum absolute atomic E-state index is 13.3. The first-order chi connectivity index (χ1) is 20.3. The molecule has 0 aliphatic heterocycles. The van der Waals surface area contributed by atoms with Gasteiger partial charge in [-0.15, -0.1) is 11.3 Å². The summed E-state index contributed by atoms with van der Waals surface area (Å²) < 4.78 is 29.3. The lowest BCUT2D eigenvalue weighted by atomic mass is 9.91. The second kappa shape index (κ2) is 18.3. The van der Waals surface area contributed by atoms with Crippen LogP contribution >= 0.6 is 11.3 Å². The van der Waals surface area contributed by atoms with E-state index in [0.29, 0.717) is 18.7 Å². The number of carbonyl (C=O) groups is 4. The van der Waals surface area contributed by atoms with Crippen molar-refractivity contribution in [3.8, 4) is 0 Å². The summed E-state index contributed by atoms with van der Waals surface area (Å²) in [6, 6.07) is -3.10. The normalized spacial score (nSPS) is 15.3. The first kappa shape index (κ1) is 39.2. The lowest BCUT2D eigenvalue weighted by molar-refractivity contribution is -0.132. The maximum Gasteiger partial charge on any atom is 0.408 e. The van der Waals surface area contributed by atoms with E-state index in [-0.39, 0.29) is 36.7 Å². The molecule has 0 fully saturated rings. The molecule has 15 heteroatoms. The van der Waals surface area contributed by atoms with E-state index < -0.39 is 63.6 Å². The van der Waals surface area contributed by atoms with E-state index >= 15 is 0 Å². The van der Waals surface area contributed by atoms with Gasteiger partial charge in [0.1, 0.15) is 28.5 Å². The van der Waals surface area contributed by atoms with Crippen LogP contribution in [0.5, 0.6) is 0 Å². The maximum atomic E-state index is 13.3. The summed E-state index contributed by atoms with van der Waals surface area (Å²) >= 11 is 1.38. The van der Waals surface area contributed by atoms with Gasteiger partial charge in [0.2, 0.25) is 17.7 Å². The minimum absolute atomic E-state index is 0.0157. The number of sulfone groups is 1. The van der Waals surface area contributed by atoms with Gasteiger partial charge in [0.15, 0.2) is 0 Å². The first-order valence-corrected chi connectivity index (χ1v) is 17.8. The van der Waals surface area contributed by atoms with Gasteiger partial charge >= 0.3 is 6.09 Å². The van der Waals surface area contributed by atoms with Crippen molar-refractivity contribution in [3.63, 3.8) is 0 Å². The third kappa shape index (κ3) is 15.3. The molecule has 13 nitrogen and oxygen atoms in total. The van der Waals surface area contributed by atoms with Gasteiger partial charge in [-0.3, -0.25) is 14.4 Å². The van der Waals surface area contributed by atoms with Crippen molar-refractivity contribution in [3.05, 3.63) is 16.1 Å². The molecule has 1 aromatic heterocycles. The summed E-state index contributed by atoms with van der Waals surface area (Å²) in [6.07, 6.45) is -0.975. The number of nitrogens with one attached hydrogen (secondary N) is 4. The van der Waals surface area contributed by atoms with Crippen LogP contribution in [-0.4, -0.2) is 85.1 Å². The van der Waals surface area contributed by atoms with Gasteiger partial charge in [0.25, 0.3) is 0 Å². The zero-order valence-electron chi connectivity index (χ0n) is 27.3.